The molecular weight excluding hydrogens is 328 g/mol. The number of rotatable bonds is 7. The summed E-state index contributed by atoms with van der Waals surface area (Å²) in [6.45, 7) is 6.51. The summed E-state index contributed by atoms with van der Waals surface area (Å²) in [6.07, 6.45) is 3.85. The summed E-state index contributed by atoms with van der Waals surface area (Å²) >= 11 is 0. The fraction of sp³-hybridized carbons (Fsp3) is 0.500. The van der Waals surface area contributed by atoms with Crippen molar-refractivity contribution in [3.63, 3.8) is 0 Å². The molecule has 26 heavy (non-hydrogen) atoms. The van der Waals surface area contributed by atoms with Gasteiger partial charge in [-0.05, 0) is 51.1 Å². The number of carbonyl (C=O) groups is 1. The van der Waals surface area contributed by atoms with Gasteiger partial charge in [-0.3, -0.25) is 9.48 Å². The number of ether oxygens (including phenoxy) is 1. The summed E-state index contributed by atoms with van der Waals surface area (Å²) in [4.78, 5) is 15.0. The Kier molecular flexibility index (Phi) is 6.28. The molecule has 2 aromatic rings. The van der Waals surface area contributed by atoms with E-state index in [9.17, 15) is 4.79 Å². The second-order valence-electron chi connectivity index (χ2n) is 6.62. The number of benzene rings is 1. The molecule has 1 aliphatic rings. The molecule has 1 amide bonds. The summed E-state index contributed by atoms with van der Waals surface area (Å²) in [5.41, 5.74) is 2.33. The SMILES string of the molecule is CCn1nc(-c2cccc(OC)c2)cc1C(=O)NCCN1CCCCC1. The average molecular weight is 356 g/mol. The highest BCUT2D eigenvalue weighted by molar-refractivity contribution is 5.93. The topological polar surface area (TPSA) is 59.4 Å². The van der Waals surface area contributed by atoms with Gasteiger partial charge in [0, 0.05) is 25.2 Å². The maximum atomic E-state index is 12.6. The molecule has 1 aromatic heterocycles. The molecule has 0 atom stereocenters. The molecule has 0 aliphatic carbocycles. The van der Waals surface area contributed by atoms with Gasteiger partial charge < -0.3 is 15.0 Å². The third-order valence-corrected chi connectivity index (χ3v) is 4.84. The van der Waals surface area contributed by atoms with E-state index in [0.717, 1.165) is 36.6 Å². The monoisotopic (exact) mass is 356 g/mol. The highest BCUT2D eigenvalue weighted by Gasteiger charge is 2.16. The highest BCUT2D eigenvalue weighted by atomic mass is 16.5. The maximum absolute atomic E-state index is 12.6. The summed E-state index contributed by atoms with van der Waals surface area (Å²) < 4.78 is 7.03. The second kappa shape index (κ2) is 8.85. The number of hydrogen-bond acceptors (Lipinski definition) is 4. The van der Waals surface area contributed by atoms with Crippen LogP contribution in [0.25, 0.3) is 11.3 Å². The minimum Gasteiger partial charge on any atom is -0.497 e. The Hall–Kier alpha value is -2.34. The van der Waals surface area contributed by atoms with Gasteiger partial charge in [0.05, 0.1) is 12.8 Å². The number of piperidine rings is 1. The van der Waals surface area contributed by atoms with Crippen LogP contribution in [0.1, 0.15) is 36.7 Å². The zero-order chi connectivity index (χ0) is 18.4. The third-order valence-electron chi connectivity index (χ3n) is 4.84. The van der Waals surface area contributed by atoms with Crippen molar-refractivity contribution in [2.75, 3.05) is 33.3 Å². The molecular formula is C20H28N4O2. The standard InChI is InChI=1S/C20H28N4O2/c1-3-24-19(20(25)21-10-13-23-11-5-4-6-12-23)15-18(22-24)16-8-7-9-17(14-16)26-2/h7-9,14-15H,3-6,10-13H2,1-2H3,(H,21,25). The minimum absolute atomic E-state index is 0.0643. The van der Waals surface area contributed by atoms with Gasteiger partial charge in [-0.15, -0.1) is 0 Å². The Morgan fingerprint density at radius 1 is 1.23 bits per heavy atom. The van der Waals surface area contributed by atoms with E-state index in [1.807, 2.05) is 37.3 Å². The molecule has 0 spiro atoms. The lowest BCUT2D eigenvalue weighted by Gasteiger charge is -2.26. The number of likely N-dealkylation sites (tertiary alicyclic amines) is 1. The number of nitrogens with zero attached hydrogens (tertiary/aromatic N) is 3. The normalized spacial score (nSPS) is 15.0. The Balaban J connectivity index is 1.66. The highest BCUT2D eigenvalue weighted by Crippen LogP contribution is 2.23. The van der Waals surface area contributed by atoms with Crippen LogP contribution in [0, 0.1) is 0 Å². The molecule has 1 N–H and O–H groups in total. The van der Waals surface area contributed by atoms with Gasteiger partial charge in [0.15, 0.2) is 0 Å². The maximum Gasteiger partial charge on any atom is 0.269 e. The van der Waals surface area contributed by atoms with Crippen molar-refractivity contribution < 1.29 is 9.53 Å². The van der Waals surface area contributed by atoms with Crippen LogP contribution in [0.5, 0.6) is 5.75 Å². The number of amides is 1. The molecule has 0 bridgehead atoms. The van der Waals surface area contributed by atoms with Crippen molar-refractivity contribution in [1.29, 1.82) is 0 Å². The Labute approximate surface area is 155 Å². The molecule has 140 valence electrons. The number of hydrogen-bond donors (Lipinski definition) is 1. The Bertz CT molecular complexity index is 735. The molecule has 0 radical (unpaired) electrons. The van der Waals surface area contributed by atoms with Gasteiger partial charge in [0.1, 0.15) is 11.4 Å². The first-order valence-electron chi connectivity index (χ1n) is 9.44. The quantitative estimate of drug-likeness (QED) is 0.829. The fourth-order valence-electron chi connectivity index (χ4n) is 3.37. The van der Waals surface area contributed by atoms with Crippen LogP contribution in [0.2, 0.25) is 0 Å². The minimum atomic E-state index is -0.0643. The van der Waals surface area contributed by atoms with Gasteiger partial charge in [0.2, 0.25) is 0 Å². The first kappa shape index (κ1) is 18.5. The van der Waals surface area contributed by atoms with Crippen molar-refractivity contribution in [2.24, 2.45) is 0 Å². The van der Waals surface area contributed by atoms with Crippen molar-refractivity contribution >= 4 is 5.91 Å². The predicted octanol–water partition coefficient (Wildman–Crippen LogP) is 2.79. The Morgan fingerprint density at radius 3 is 2.77 bits per heavy atom. The van der Waals surface area contributed by atoms with E-state index >= 15 is 0 Å². The fourth-order valence-corrected chi connectivity index (χ4v) is 3.37. The van der Waals surface area contributed by atoms with Crippen LogP contribution in [0.4, 0.5) is 0 Å². The molecule has 6 heteroatoms. The van der Waals surface area contributed by atoms with E-state index in [4.69, 9.17) is 4.74 Å². The molecule has 1 aromatic carbocycles. The molecule has 0 unspecified atom stereocenters. The largest absolute Gasteiger partial charge is 0.497 e. The van der Waals surface area contributed by atoms with Gasteiger partial charge in [0.25, 0.3) is 5.91 Å². The summed E-state index contributed by atoms with van der Waals surface area (Å²) in [6, 6.07) is 9.59. The predicted molar refractivity (Wildman–Crippen MR) is 103 cm³/mol. The van der Waals surface area contributed by atoms with Gasteiger partial charge >= 0.3 is 0 Å². The average Bonchev–Trinajstić information content (AvgIpc) is 3.13. The second-order valence-corrected chi connectivity index (χ2v) is 6.62. The van der Waals surface area contributed by atoms with Crippen LogP contribution in [-0.2, 0) is 6.54 Å². The molecule has 6 nitrogen and oxygen atoms in total. The lowest BCUT2D eigenvalue weighted by atomic mass is 10.1. The van der Waals surface area contributed by atoms with Crippen molar-refractivity contribution in [3.05, 3.63) is 36.0 Å². The van der Waals surface area contributed by atoms with E-state index in [-0.39, 0.29) is 5.91 Å². The van der Waals surface area contributed by atoms with E-state index < -0.39 is 0 Å². The Morgan fingerprint density at radius 2 is 2.04 bits per heavy atom. The number of carbonyl (C=O) groups excluding carboxylic acids is 1. The molecule has 0 saturated carbocycles. The van der Waals surface area contributed by atoms with Crippen LogP contribution in [0.15, 0.2) is 30.3 Å². The number of nitrogens with one attached hydrogen (secondary N) is 1. The van der Waals surface area contributed by atoms with E-state index in [0.29, 0.717) is 18.8 Å². The number of aromatic nitrogens is 2. The van der Waals surface area contributed by atoms with E-state index in [1.54, 1.807) is 11.8 Å². The summed E-state index contributed by atoms with van der Waals surface area (Å²) in [5.74, 6) is 0.714. The molecule has 1 saturated heterocycles. The van der Waals surface area contributed by atoms with E-state index in [1.165, 1.54) is 19.3 Å². The molecule has 1 fully saturated rings. The van der Waals surface area contributed by atoms with Gasteiger partial charge in [-0.25, -0.2) is 0 Å². The van der Waals surface area contributed by atoms with Crippen molar-refractivity contribution in [3.8, 4) is 17.0 Å². The molecule has 2 heterocycles. The lowest BCUT2D eigenvalue weighted by Crippen LogP contribution is -2.38. The van der Waals surface area contributed by atoms with Crippen molar-refractivity contribution in [1.82, 2.24) is 20.0 Å². The lowest BCUT2D eigenvalue weighted by molar-refractivity contribution is 0.0936. The van der Waals surface area contributed by atoms with Crippen LogP contribution in [-0.4, -0.2) is 53.9 Å². The zero-order valence-corrected chi connectivity index (χ0v) is 15.7. The van der Waals surface area contributed by atoms with E-state index in [2.05, 4.69) is 15.3 Å². The third kappa shape index (κ3) is 4.43. The van der Waals surface area contributed by atoms with Crippen LogP contribution < -0.4 is 10.1 Å². The first-order valence-corrected chi connectivity index (χ1v) is 9.44. The zero-order valence-electron chi connectivity index (χ0n) is 15.7. The van der Waals surface area contributed by atoms with Crippen LogP contribution >= 0.6 is 0 Å². The van der Waals surface area contributed by atoms with Gasteiger partial charge in [-0.1, -0.05) is 18.6 Å². The molecule has 3 rings (SSSR count). The van der Waals surface area contributed by atoms with Gasteiger partial charge in [-0.2, -0.15) is 5.10 Å². The summed E-state index contributed by atoms with van der Waals surface area (Å²) in [7, 11) is 1.64. The van der Waals surface area contributed by atoms with Crippen molar-refractivity contribution in [2.45, 2.75) is 32.7 Å². The first-order chi connectivity index (χ1) is 12.7. The smallest absolute Gasteiger partial charge is 0.269 e. The molecule has 1 aliphatic heterocycles. The summed E-state index contributed by atoms with van der Waals surface area (Å²) in [5, 5.41) is 7.63. The number of methoxy groups -OCH3 is 1. The van der Waals surface area contributed by atoms with Crippen LogP contribution in [0.3, 0.4) is 0 Å². The number of aryl methyl sites for hydroxylation is 1.